The molecule has 1 radical (unpaired) electrons. The molecule has 0 aromatic heterocycles. The first kappa shape index (κ1) is 17.5. The van der Waals surface area contributed by atoms with Gasteiger partial charge in [0.05, 0.1) is 0 Å². The topological polar surface area (TPSA) is 0 Å². The summed E-state index contributed by atoms with van der Waals surface area (Å²) >= 11 is 0. The molecular formula is C20H35. The van der Waals surface area contributed by atoms with Gasteiger partial charge in [-0.2, -0.15) is 0 Å². The minimum absolute atomic E-state index is 1.14. The predicted octanol–water partition coefficient (Wildman–Crippen LogP) is 7.16. The SMILES string of the molecule is [C]1=C/C=C/CCCCCCCCCCCCCCCC/1. The summed E-state index contributed by atoms with van der Waals surface area (Å²) in [4.78, 5) is 0. The number of hydrogen-bond donors (Lipinski definition) is 0. The van der Waals surface area contributed by atoms with Gasteiger partial charge >= 0.3 is 0 Å². The zero-order valence-electron chi connectivity index (χ0n) is 13.5. The Morgan fingerprint density at radius 1 is 0.500 bits per heavy atom. The summed E-state index contributed by atoms with van der Waals surface area (Å²) in [6.07, 6.45) is 32.5. The van der Waals surface area contributed by atoms with Gasteiger partial charge < -0.3 is 0 Å². The van der Waals surface area contributed by atoms with E-state index in [0.29, 0.717) is 0 Å². The molecule has 0 heterocycles. The van der Waals surface area contributed by atoms with Crippen LogP contribution in [0.2, 0.25) is 0 Å². The molecule has 0 spiro atoms. The Morgan fingerprint density at radius 2 is 0.950 bits per heavy atom. The minimum atomic E-state index is 1.14. The maximum atomic E-state index is 3.40. The molecule has 0 heteroatoms. The molecule has 20 heavy (non-hydrogen) atoms. The fourth-order valence-electron chi connectivity index (χ4n) is 2.93. The Hall–Kier alpha value is -0.520. The van der Waals surface area contributed by atoms with Crippen LogP contribution in [0.1, 0.15) is 103 Å². The van der Waals surface area contributed by atoms with E-state index >= 15 is 0 Å². The van der Waals surface area contributed by atoms with Crippen molar-refractivity contribution >= 4 is 0 Å². The summed E-state index contributed by atoms with van der Waals surface area (Å²) in [5, 5.41) is 0. The van der Waals surface area contributed by atoms with E-state index < -0.39 is 0 Å². The third kappa shape index (κ3) is 12.5. The van der Waals surface area contributed by atoms with Crippen molar-refractivity contribution in [2.24, 2.45) is 0 Å². The molecule has 1 aliphatic rings. The van der Waals surface area contributed by atoms with Crippen LogP contribution in [0.5, 0.6) is 0 Å². The molecule has 0 saturated heterocycles. The second-order valence-electron chi connectivity index (χ2n) is 6.29. The number of rotatable bonds is 0. The van der Waals surface area contributed by atoms with Crippen LogP contribution in [0, 0.1) is 6.08 Å². The Kier molecular flexibility index (Phi) is 13.0. The molecule has 115 valence electrons. The third-order valence-electron chi connectivity index (χ3n) is 4.29. The lowest BCUT2D eigenvalue weighted by Crippen LogP contribution is -1.83. The maximum Gasteiger partial charge on any atom is -0.0276 e. The highest BCUT2D eigenvalue weighted by Crippen LogP contribution is 2.14. The van der Waals surface area contributed by atoms with Gasteiger partial charge in [-0.15, -0.1) is 0 Å². The van der Waals surface area contributed by atoms with E-state index in [0.717, 1.165) is 6.42 Å². The molecule has 0 amide bonds. The van der Waals surface area contributed by atoms with E-state index in [1.54, 1.807) is 0 Å². The van der Waals surface area contributed by atoms with Crippen LogP contribution in [0.3, 0.4) is 0 Å². The fourth-order valence-corrected chi connectivity index (χ4v) is 2.93. The van der Waals surface area contributed by atoms with Crippen LogP contribution in [-0.4, -0.2) is 0 Å². The summed E-state index contributed by atoms with van der Waals surface area (Å²) in [5.74, 6) is 0. The average molecular weight is 276 g/mol. The number of allylic oxidation sites excluding steroid dienone is 4. The van der Waals surface area contributed by atoms with Crippen LogP contribution in [-0.2, 0) is 0 Å². The molecule has 0 bridgehead atoms. The van der Waals surface area contributed by atoms with Crippen LogP contribution in [0.4, 0.5) is 0 Å². The summed E-state index contributed by atoms with van der Waals surface area (Å²) in [5.41, 5.74) is 0. The normalized spacial score (nSPS) is 25.6. The Bertz CT molecular complexity index is 210. The first-order valence-corrected chi connectivity index (χ1v) is 9.22. The Balaban J connectivity index is 2.12. The van der Waals surface area contributed by atoms with Crippen molar-refractivity contribution in [3.05, 3.63) is 24.3 Å². The molecule has 0 nitrogen and oxygen atoms in total. The molecule has 0 aromatic rings. The summed E-state index contributed by atoms with van der Waals surface area (Å²) < 4.78 is 0. The van der Waals surface area contributed by atoms with Gasteiger partial charge in [-0.05, 0) is 31.8 Å². The van der Waals surface area contributed by atoms with Gasteiger partial charge in [-0.3, -0.25) is 0 Å². The lowest BCUT2D eigenvalue weighted by molar-refractivity contribution is 0.534. The van der Waals surface area contributed by atoms with Gasteiger partial charge in [0.15, 0.2) is 0 Å². The highest BCUT2D eigenvalue weighted by Gasteiger charge is 1.94. The van der Waals surface area contributed by atoms with Gasteiger partial charge in [0.1, 0.15) is 0 Å². The van der Waals surface area contributed by atoms with E-state index in [1.807, 2.05) is 0 Å². The van der Waals surface area contributed by atoms with Gasteiger partial charge in [0, 0.05) is 0 Å². The molecule has 1 rings (SSSR count). The standard InChI is InChI=1S/C20H35/c1-2-4-6-8-10-12-14-16-18-20-19-17-15-13-11-9-7-5-3-1/h1-3H,4,6-20H2/b2-1+,5-3?. The van der Waals surface area contributed by atoms with E-state index in [1.165, 1.54) is 96.3 Å². The second-order valence-corrected chi connectivity index (χ2v) is 6.29. The molecular weight excluding hydrogens is 240 g/mol. The van der Waals surface area contributed by atoms with Crippen molar-refractivity contribution in [1.82, 2.24) is 0 Å². The van der Waals surface area contributed by atoms with Crippen LogP contribution >= 0.6 is 0 Å². The molecule has 0 saturated carbocycles. The number of hydrogen-bond acceptors (Lipinski definition) is 0. The van der Waals surface area contributed by atoms with Crippen molar-refractivity contribution in [1.29, 1.82) is 0 Å². The van der Waals surface area contributed by atoms with Crippen molar-refractivity contribution < 1.29 is 0 Å². The third-order valence-corrected chi connectivity index (χ3v) is 4.29. The summed E-state index contributed by atoms with van der Waals surface area (Å²) in [6, 6.07) is 0. The predicted molar refractivity (Wildman–Crippen MR) is 90.8 cm³/mol. The molecule has 0 atom stereocenters. The van der Waals surface area contributed by atoms with Gasteiger partial charge in [0.2, 0.25) is 0 Å². The first-order chi connectivity index (χ1) is 10.0. The minimum Gasteiger partial charge on any atom is -0.0845 e. The van der Waals surface area contributed by atoms with Crippen molar-refractivity contribution in [3.8, 4) is 0 Å². The zero-order chi connectivity index (χ0) is 14.1. The van der Waals surface area contributed by atoms with Crippen molar-refractivity contribution in [3.63, 3.8) is 0 Å². The molecule has 0 aliphatic heterocycles. The zero-order valence-corrected chi connectivity index (χ0v) is 13.5. The molecule has 0 aromatic carbocycles. The lowest BCUT2D eigenvalue weighted by atomic mass is 10.0. The van der Waals surface area contributed by atoms with Crippen molar-refractivity contribution in [2.75, 3.05) is 0 Å². The fraction of sp³-hybridized carbons (Fsp3) is 0.800. The second kappa shape index (κ2) is 14.9. The summed E-state index contributed by atoms with van der Waals surface area (Å²) in [7, 11) is 0. The Morgan fingerprint density at radius 3 is 1.50 bits per heavy atom. The maximum absolute atomic E-state index is 3.40. The van der Waals surface area contributed by atoms with E-state index in [9.17, 15) is 0 Å². The van der Waals surface area contributed by atoms with E-state index in [2.05, 4.69) is 24.3 Å². The van der Waals surface area contributed by atoms with E-state index in [-0.39, 0.29) is 0 Å². The van der Waals surface area contributed by atoms with Gasteiger partial charge in [-0.25, -0.2) is 0 Å². The smallest absolute Gasteiger partial charge is 0.0276 e. The molecule has 0 unspecified atom stereocenters. The largest absolute Gasteiger partial charge is 0.0845 e. The highest BCUT2D eigenvalue weighted by molar-refractivity contribution is 4.98. The van der Waals surface area contributed by atoms with E-state index in [4.69, 9.17) is 0 Å². The molecule has 1 aliphatic carbocycles. The highest BCUT2D eigenvalue weighted by atomic mass is 14.0. The molecule has 0 N–H and O–H groups in total. The molecule has 0 fully saturated rings. The quantitative estimate of drug-likeness (QED) is 0.440. The Labute approximate surface area is 127 Å². The monoisotopic (exact) mass is 275 g/mol. The van der Waals surface area contributed by atoms with Crippen molar-refractivity contribution in [2.45, 2.75) is 103 Å². The summed E-state index contributed by atoms with van der Waals surface area (Å²) in [6.45, 7) is 0. The average Bonchev–Trinajstić information content (AvgIpc) is 2.46. The van der Waals surface area contributed by atoms with Gasteiger partial charge in [-0.1, -0.05) is 95.3 Å². The van der Waals surface area contributed by atoms with Crippen LogP contribution < -0.4 is 0 Å². The van der Waals surface area contributed by atoms with Crippen LogP contribution in [0.15, 0.2) is 18.2 Å². The lowest BCUT2D eigenvalue weighted by Gasteiger charge is -2.03. The first-order valence-electron chi connectivity index (χ1n) is 9.22. The van der Waals surface area contributed by atoms with Gasteiger partial charge in [0.25, 0.3) is 0 Å². The van der Waals surface area contributed by atoms with Crippen LogP contribution in [0.25, 0.3) is 0 Å².